The van der Waals surface area contributed by atoms with E-state index in [1.807, 2.05) is 55.4 Å². The zero-order valence-electron chi connectivity index (χ0n) is 36.2. The Hall–Kier alpha value is -3.66. The minimum atomic E-state index is -1.32. The number of hydrogen-bond acceptors (Lipinski definition) is 10. The van der Waals surface area contributed by atoms with Crippen LogP contribution in [0, 0.1) is 29.6 Å². The van der Waals surface area contributed by atoms with Crippen molar-refractivity contribution in [2.24, 2.45) is 29.6 Å². The first-order valence-electron chi connectivity index (χ1n) is 19.1. The number of allylic oxidation sites excluding steroid dienone is 2. The zero-order chi connectivity index (χ0) is 44.6. The van der Waals surface area contributed by atoms with Crippen LogP contribution in [0.3, 0.4) is 0 Å². The number of ketones is 1. The first-order chi connectivity index (χ1) is 25.9. The number of rotatable bonds is 26. The van der Waals surface area contributed by atoms with Gasteiger partial charge in [-0.1, -0.05) is 81.4 Å². The molecule has 5 N–H and O–H groups in total. The third kappa shape index (κ3) is 62.3. The molecule has 0 radical (unpaired) electrons. The van der Waals surface area contributed by atoms with E-state index in [1.54, 1.807) is 26.4 Å². The molecule has 0 amide bonds. The average Bonchev–Trinajstić information content (AvgIpc) is 3.05. The van der Waals surface area contributed by atoms with Crippen molar-refractivity contribution in [2.75, 3.05) is 40.6 Å². The van der Waals surface area contributed by atoms with E-state index in [9.17, 15) is 28.8 Å². The molecule has 0 aliphatic carbocycles. The van der Waals surface area contributed by atoms with Gasteiger partial charge in [0.2, 0.25) is 5.78 Å². The highest BCUT2D eigenvalue weighted by Crippen LogP contribution is 2.13. The van der Waals surface area contributed by atoms with Gasteiger partial charge < -0.3 is 44.5 Å². The average molecular weight is 809 g/mol. The van der Waals surface area contributed by atoms with Crippen molar-refractivity contribution in [3.8, 4) is 0 Å². The Labute approximate surface area is 335 Å². The second-order valence-corrected chi connectivity index (χ2v) is 14.7. The van der Waals surface area contributed by atoms with Crippen molar-refractivity contribution in [1.82, 2.24) is 0 Å². The number of Topliss-reactive ketones (excluding diaryl/α,β-unsaturated/α-hetero) is 1. The van der Waals surface area contributed by atoms with Gasteiger partial charge >= 0.3 is 29.8 Å². The predicted octanol–water partition coefficient (Wildman–Crippen LogP) is 7.50. The van der Waals surface area contributed by atoms with Gasteiger partial charge in [-0.05, 0) is 61.7 Å². The molecule has 0 aromatic rings. The number of methoxy groups -OCH3 is 2. The first-order valence-corrected chi connectivity index (χ1v) is 19.1. The molecule has 0 aromatic carbocycles. The lowest BCUT2D eigenvalue weighted by atomic mass is 10.0. The van der Waals surface area contributed by atoms with E-state index in [4.69, 9.17) is 44.5 Å². The molecular formula is C41H76O15. The maximum atomic E-state index is 10.5. The van der Waals surface area contributed by atoms with Crippen LogP contribution in [-0.2, 0) is 47.7 Å². The van der Waals surface area contributed by atoms with Crippen molar-refractivity contribution in [3.05, 3.63) is 24.3 Å². The lowest BCUT2D eigenvalue weighted by Crippen LogP contribution is -2.22. The SMILES string of the molecule is CC(C)C/C=C/C(=O)O.CC(C)C/C=C\C(=O)O.CC(C)CCC(=O)C(=O)O.COCCOC(CC(=O)O)CC(C)C.COCCOC(CCC(=O)O)C(C)C. The molecule has 15 nitrogen and oxygen atoms in total. The van der Waals surface area contributed by atoms with Crippen molar-refractivity contribution in [1.29, 1.82) is 0 Å². The van der Waals surface area contributed by atoms with Crippen molar-refractivity contribution >= 4 is 35.6 Å². The van der Waals surface area contributed by atoms with Crippen LogP contribution in [0.2, 0.25) is 0 Å². The predicted molar refractivity (Wildman–Crippen MR) is 216 cm³/mol. The Morgan fingerprint density at radius 2 is 0.982 bits per heavy atom. The molecule has 0 aliphatic rings. The Morgan fingerprint density at radius 3 is 1.29 bits per heavy atom. The summed E-state index contributed by atoms with van der Waals surface area (Å²) in [6.07, 6.45) is 9.60. The highest BCUT2D eigenvalue weighted by Gasteiger charge is 2.16. The van der Waals surface area contributed by atoms with E-state index in [-0.39, 0.29) is 31.5 Å². The summed E-state index contributed by atoms with van der Waals surface area (Å²) in [5.74, 6) is -3.06. The summed E-state index contributed by atoms with van der Waals surface area (Å²) >= 11 is 0. The Morgan fingerprint density at radius 1 is 0.536 bits per heavy atom. The summed E-state index contributed by atoms with van der Waals surface area (Å²) in [7, 11) is 3.21. The zero-order valence-corrected chi connectivity index (χ0v) is 36.2. The normalized spacial score (nSPS) is 11.9. The van der Waals surface area contributed by atoms with Crippen LogP contribution in [0.15, 0.2) is 24.3 Å². The summed E-state index contributed by atoms with van der Waals surface area (Å²) in [6.45, 7) is 22.3. The minimum Gasteiger partial charge on any atom is -0.481 e. The Bertz CT molecular complexity index is 1030. The molecule has 2 atom stereocenters. The largest absolute Gasteiger partial charge is 0.481 e. The third-order valence-corrected chi connectivity index (χ3v) is 6.71. The maximum Gasteiger partial charge on any atom is 0.372 e. The number of carboxylic acid groups (broad SMARTS) is 5. The molecule has 56 heavy (non-hydrogen) atoms. The second-order valence-electron chi connectivity index (χ2n) is 14.7. The summed E-state index contributed by atoms with van der Waals surface area (Å²) in [5.41, 5.74) is 0. The van der Waals surface area contributed by atoms with Gasteiger partial charge in [-0.2, -0.15) is 0 Å². The third-order valence-electron chi connectivity index (χ3n) is 6.71. The van der Waals surface area contributed by atoms with Gasteiger partial charge in [0.15, 0.2) is 0 Å². The highest BCUT2D eigenvalue weighted by molar-refractivity contribution is 6.32. The summed E-state index contributed by atoms with van der Waals surface area (Å²) in [6, 6.07) is 0. The molecule has 0 heterocycles. The number of carbonyl (C=O) groups excluding carboxylic acids is 1. The number of carbonyl (C=O) groups is 6. The molecule has 0 fully saturated rings. The Kier molecular flexibility index (Phi) is 46.7. The molecule has 15 heteroatoms. The molecule has 2 unspecified atom stereocenters. The molecule has 0 aliphatic heterocycles. The van der Waals surface area contributed by atoms with Crippen molar-refractivity contribution < 1.29 is 73.2 Å². The molecule has 0 rings (SSSR count). The van der Waals surface area contributed by atoms with E-state index in [0.29, 0.717) is 68.9 Å². The van der Waals surface area contributed by atoms with Crippen molar-refractivity contribution in [2.45, 2.75) is 133 Å². The lowest BCUT2D eigenvalue weighted by molar-refractivity contribution is -0.149. The van der Waals surface area contributed by atoms with Gasteiger partial charge in [-0.25, -0.2) is 14.4 Å². The fourth-order valence-corrected chi connectivity index (χ4v) is 3.80. The standard InChI is InChI=1S/2C10H20O4.C7H12O3.2C7H12O2/c1-8(2)6-9(7-10(11)12)14-5-4-13-3;1-8(2)9(4-5-10(11)12)14-7-6-13-3;1-5(2)3-4-6(8)7(9)10;2*1-6(2)4-3-5-7(8)9/h2*8-9H,4-7H2,1-3H3,(H,11,12);5H,3-4H2,1-2H3,(H,9,10);2*3,5-6H,4H2,1-2H3,(H,8,9)/b;;;5-3+;5-3-. The number of aliphatic carboxylic acids is 5. The molecule has 0 aromatic heterocycles. The van der Waals surface area contributed by atoms with Gasteiger partial charge in [0.25, 0.3) is 0 Å². The van der Waals surface area contributed by atoms with Gasteiger partial charge in [0.1, 0.15) is 0 Å². The smallest absolute Gasteiger partial charge is 0.372 e. The summed E-state index contributed by atoms with van der Waals surface area (Å²) in [5, 5.41) is 41.6. The number of hydrogen-bond donors (Lipinski definition) is 5. The molecule has 0 bridgehead atoms. The highest BCUT2D eigenvalue weighted by atomic mass is 16.5. The summed E-state index contributed by atoms with van der Waals surface area (Å²) < 4.78 is 20.6. The molecule has 0 spiro atoms. The van der Waals surface area contributed by atoms with E-state index >= 15 is 0 Å². The molecule has 330 valence electrons. The number of ether oxygens (including phenoxy) is 4. The van der Waals surface area contributed by atoms with Crippen LogP contribution in [0.1, 0.15) is 121 Å². The Balaban J connectivity index is -0.000000196. The van der Waals surface area contributed by atoms with Gasteiger partial charge in [0.05, 0.1) is 45.1 Å². The molecule has 0 saturated heterocycles. The van der Waals surface area contributed by atoms with Crippen LogP contribution in [0.4, 0.5) is 0 Å². The lowest BCUT2D eigenvalue weighted by Gasteiger charge is -2.20. The second kappa shape index (κ2) is 42.5. The van der Waals surface area contributed by atoms with Crippen LogP contribution in [0.5, 0.6) is 0 Å². The first kappa shape index (κ1) is 61.6. The van der Waals surface area contributed by atoms with E-state index in [0.717, 1.165) is 19.3 Å². The van der Waals surface area contributed by atoms with Crippen LogP contribution >= 0.6 is 0 Å². The summed E-state index contributed by atoms with van der Waals surface area (Å²) in [4.78, 5) is 61.1. The van der Waals surface area contributed by atoms with E-state index < -0.39 is 35.6 Å². The topological polar surface area (TPSA) is 240 Å². The molecule has 0 saturated carbocycles. The fourth-order valence-electron chi connectivity index (χ4n) is 3.80. The van der Waals surface area contributed by atoms with Gasteiger partial charge in [0, 0.05) is 39.2 Å². The van der Waals surface area contributed by atoms with Crippen LogP contribution in [0.25, 0.3) is 0 Å². The van der Waals surface area contributed by atoms with E-state index in [2.05, 4.69) is 13.8 Å². The minimum absolute atomic E-state index is 0.0150. The van der Waals surface area contributed by atoms with Crippen LogP contribution in [-0.4, -0.2) is 114 Å². The quantitative estimate of drug-likeness (QED) is 0.0323. The van der Waals surface area contributed by atoms with Crippen molar-refractivity contribution in [3.63, 3.8) is 0 Å². The number of carboxylic acids is 5. The van der Waals surface area contributed by atoms with Crippen LogP contribution < -0.4 is 0 Å². The van der Waals surface area contributed by atoms with Gasteiger partial charge in [-0.3, -0.25) is 14.4 Å². The van der Waals surface area contributed by atoms with Gasteiger partial charge in [-0.15, -0.1) is 0 Å². The monoisotopic (exact) mass is 809 g/mol. The fraction of sp³-hybridized carbons (Fsp3) is 0.756. The maximum absolute atomic E-state index is 10.5. The van der Waals surface area contributed by atoms with E-state index in [1.165, 1.54) is 12.2 Å². The molecular weight excluding hydrogens is 732 g/mol.